The van der Waals surface area contributed by atoms with Crippen molar-refractivity contribution < 1.29 is 27.5 Å². The predicted molar refractivity (Wildman–Crippen MR) is 66.1 cm³/mol. The first-order chi connectivity index (χ1) is 9.11. The standard InChI is InChI=1S/C11H13F3N2O3S/c1-5(2)9(18)19-4-7-8(11(12,13)14)16-10(20-7)15-6(3)17/h5H,4H2,1-3H3,(H,15,16,17). The number of nitrogens with one attached hydrogen (secondary N) is 1. The fraction of sp³-hybridized carbons (Fsp3) is 0.545. The second kappa shape index (κ2) is 6.21. The minimum Gasteiger partial charge on any atom is -0.460 e. The zero-order valence-corrected chi connectivity index (χ0v) is 11.8. The van der Waals surface area contributed by atoms with Crippen LogP contribution in [-0.4, -0.2) is 16.9 Å². The molecule has 1 heterocycles. The van der Waals surface area contributed by atoms with E-state index in [1.807, 2.05) is 0 Å². The number of carbonyl (C=O) groups is 2. The van der Waals surface area contributed by atoms with Crippen molar-refractivity contribution in [2.24, 2.45) is 5.92 Å². The molecule has 20 heavy (non-hydrogen) atoms. The summed E-state index contributed by atoms with van der Waals surface area (Å²) in [5.74, 6) is -1.57. The van der Waals surface area contributed by atoms with Crippen LogP contribution in [0.1, 0.15) is 31.3 Å². The molecule has 1 N–H and O–H groups in total. The molecule has 0 aliphatic rings. The van der Waals surface area contributed by atoms with Gasteiger partial charge >= 0.3 is 12.1 Å². The van der Waals surface area contributed by atoms with E-state index in [1.165, 1.54) is 0 Å². The largest absolute Gasteiger partial charge is 0.460 e. The molecule has 0 radical (unpaired) electrons. The number of nitrogens with zero attached hydrogens (tertiary/aromatic N) is 1. The lowest BCUT2D eigenvalue weighted by Gasteiger charge is -2.08. The number of halogens is 3. The summed E-state index contributed by atoms with van der Waals surface area (Å²) < 4.78 is 43.1. The third-order valence-corrected chi connectivity index (χ3v) is 3.01. The predicted octanol–water partition coefficient (Wildman–Crippen LogP) is 2.82. The van der Waals surface area contributed by atoms with Crippen molar-refractivity contribution in [2.45, 2.75) is 33.6 Å². The molecule has 1 aromatic rings. The van der Waals surface area contributed by atoms with Crippen molar-refractivity contribution >= 4 is 28.3 Å². The topological polar surface area (TPSA) is 68.3 Å². The molecule has 0 spiro atoms. The average molecular weight is 310 g/mol. The van der Waals surface area contributed by atoms with Crippen LogP contribution in [0.5, 0.6) is 0 Å². The number of ether oxygens (including phenoxy) is 1. The Morgan fingerprint density at radius 2 is 2.00 bits per heavy atom. The summed E-state index contributed by atoms with van der Waals surface area (Å²) in [6.07, 6.45) is -4.67. The number of alkyl halides is 3. The summed E-state index contributed by atoms with van der Waals surface area (Å²) >= 11 is 0.628. The van der Waals surface area contributed by atoms with Crippen molar-refractivity contribution in [2.75, 3.05) is 5.32 Å². The summed E-state index contributed by atoms with van der Waals surface area (Å²) in [6, 6.07) is 0. The van der Waals surface area contributed by atoms with Crippen LogP contribution >= 0.6 is 11.3 Å². The Morgan fingerprint density at radius 1 is 1.40 bits per heavy atom. The highest BCUT2D eigenvalue weighted by atomic mass is 32.1. The van der Waals surface area contributed by atoms with Crippen LogP contribution in [0.15, 0.2) is 0 Å². The minimum absolute atomic E-state index is 0.180. The fourth-order valence-electron chi connectivity index (χ4n) is 1.18. The van der Waals surface area contributed by atoms with Crippen LogP contribution in [0.3, 0.4) is 0 Å². The molecule has 0 bridgehead atoms. The second-order valence-corrected chi connectivity index (χ2v) is 5.32. The summed E-state index contributed by atoms with van der Waals surface area (Å²) in [7, 11) is 0. The lowest BCUT2D eigenvalue weighted by molar-refractivity contribution is -0.151. The first-order valence-corrected chi connectivity index (χ1v) is 6.44. The summed E-state index contributed by atoms with van der Waals surface area (Å²) in [4.78, 5) is 25.2. The van der Waals surface area contributed by atoms with Crippen LogP contribution < -0.4 is 5.32 Å². The molecule has 0 aromatic carbocycles. The van der Waals surface area contributed by atoms with E-state index < -0.39 is 36.3 Å². The van der Waals surface area contributed by atoms with Gasteiger partial charge in [-0.05, 0) is 0 Å². The van der Waals surface area contributed by atoms with Crippen LogP contribution in [-0.2, 0) is 27.1 Å². The zero-order chi connectivity index (χ0) is 15.5. The Labute approximate surface area is 117 Å². The molecular weight excluding hydrogens is 297 g/mol. The number of anilines is 1. The number of hydrogen-bond donors (Lipinski definition) is 1. The lowest BCUT2D eigenvalue weighted by Crippen LogP contribution is -2.14. The third-order valence-electron chi connectivity index (χ3n) is 2.07. The summed E-state index contributed by atoms with van der Waals surface area (Å²) in [5.41, 5.74) is -1.15. The Morgan fingerprint density at radius 3 is 2.45 bits per heavy atom. The number of thiazole rings is 1. The molecular formula is C11H13F3N2O3S. The third kappa shape index (κ3) is 4.48. The van der Waals surface area contributed by atoms with Gasteiger partial charge in [-0.25, -0.2) is 4.98 Å². The molecule has 0 atom stereocenters. The number of amides is 1. The molecule has 112 valence electrons. The maximum absolute atomic E-state index is 12.8. The molecule has 0 saturated carbocycles. The van der Waals surface area contributed by atoms with Gasteiger partial charge in [0.05, 0.1) is 10.8 Å². The maximum Gasteiger partial charge on any atom is 0.434 e. The van der Waals surface area contributed by atoms with Gasteiger partial charge in [0.1, 0.15) is 6.61 Å². The Hall–Kier alpha value is -1.64. The van der Waals surface area contributed by atoms with E-state index >= 15 is 0 Å². The number of aromatic nitrogens is 1. The highest BCUT2D eigenvalue weighted by Gasteiger charge is 2.38. The van der Waals surface area contributed by atoms with Gasteiger partial charge < -0.3 is 10.1 Å². The molecule has 0 unspecified atom stereocenters. The van der Waals surface area contributed by atoms with Crippen molar-refractivity contribution in [3.05, 3.63) is 10.6 Å². The number of esters is 1. The molecule has 0 aliphatic heterocycles. The zero-order valence-electron chi connectivity index (χ0n) is 11.0. The molecule has 1 amide bonds. The van der Waals surface area contributed by atoms with Gasteiger partial charge in [-0.3, -0.25) is 9.59 Å². The van der Waals surface area contributed by atoms with Gasteiger partial charge in [0.15, 0.2) is 10.8 Å². The smallest absolute Gasteiger partial charge is 0.434 e. The number of carbonyl (C=O) groups excluding carboxylic acids is 2. The SMILES string of the molecule is CC(=O)Nc1nc(C(F)(F)F)c(COC(=O)C(C)C)s1. The molecule has 5 nitrogen and oxygen atoms in total. The van der Waals surface area contributed by atoms with Gasteiger partial charge in [0.25, 0.3) is 0 Å². The van der Waals surface area contributed by atoms with E-state index in [4.69, 9.17) is 4.74 Å². The van der Waals surface area contributed by atoms with Crippen LogP contribution in [0.2, 0.25) is 0 Å². The first-order valence-electron chi connectivity index (χ1n) is 5.62. The van der Waals surface area contributed by atoms with Crippen LogP contribution in [0.25, 0.3) is 0 Å². The van der Waals surface area contributed by atoms with Crippen molar-refractivity contribution in [1.82, 2.24) is 4.98 Å². The minimum atomic E-state index is -4.67. The summed E-state index contributed by atoms with van der Waals surface area (Å²) in [5, 5.41) is 2.00. The lowest BCUT2D eigenvalue weighted by atomic mass is 10.2. The Kier molecular flexibility index (Phi) is 5.09. The highest BCUT2D eigenvalue weighted by molar-refractivity contribution is 7.15. The first kappa shape index (κ1) is 16.4. The fourth-order valence-corrected chi connectivity index (χ4v) is 2.12. The van der Waals surface area contributed by atoms with Gasteiger partial charge in [-0.2, -0.15) is 13.2 Å². The van der Waals surface area contributed by atoms with Gasteiger partial charge in [-0.1, -0.05) is 25.2 Å². The Balaban J connectivity index is 2.95. The maximum atomic E-state index is 12.8. The van der Waals surface area contributed by atoms with E-state index in [0.29, 0.717) is 11.3 Å². The molecule has 9 heteroatoms. The summed E-state index contributed by atoms with van der Waals surface area (Å²) in [6.45, 7) is 3.78. The molecule has 1 rings (SSSR count). The van der Waals surface area contributed by atoms with Gasteiger partial charge in [0.2, 0.25) is 5.91 Å². The average Bonchev–Trinajstić information content (AvgIpc) is 2.67. The van der Waals surface area contributed by atoms with Gasteiger partial charge in [-0.15, -0.1) is 0 Å². The van der Waals surface area contributed by atoms with Gasteiger partial charge in [0, 0.05) is 6.92 Å². The van der Waals surface area contributed by atoms with Crippen molar-refractivity contribution in [3.63, 3.8) is 0 Å². The quantitative estimate of drug-likeness (QED) is 0.868. The molecule has 1 aromatic heterocycles. The van der Waals surface area contributed by atoms with E-state index in [0.717, 1.165) is 6.92 Å². The number of rotatable bonds is 4. The van der Waals surface area contributed by atoms with Crippen molar-refractivity contribution in [3.8, 4) is 0 Å². The highest BCUT2D eigenvalue weighted by Crippen LogP contribution is 2.36. The molecule has 0 fully saturated rings. The normalized spacial score (nSPS) is 11.6. The molecule has 0 saturated heterocycles. The number of hydrogen-bond acceptors (Lipinski definition) is 5. The van der Waals surface area contributed by atoms with E-state index in [-0.39, 0.29) is 10.0 Å². The Bertz CT molecular complexity index is 512. The van der Waals surface area contributed by atoms with E-state index in [2.05, 4.69) is 10.3 Å². The van der Waals surface area contributed by atoms with Crippen LogP contribution in [0, 0.1) is 5.92 Å². The van der Waals surface area contributed by atoms with E-state index in [9.17, 15) is 22.8 Å². The van der Waals surface area contributed by atoms with Crippen LogP contribution in [0.4, 0.5) is 18.3 Å². The van der Waals surface area contributed by atoms with E-state index in [1.54, 1.807) is 13.8 Å². The van der Waals surface area contributed by atoms with Crippen molar-refractivity contribution in [1.29, 1.82) is 0 Å². The second-order valence-electron chi connectivity index (χ2n) is 4.23. The monoisotopic (exact) mass is 310 g/mol. The molecule has 0 aliphatic carbocycles.